The molecule has 0 bridgehead atoms. The summed E-state index contributed by atoms with van der Waals surface area (Å²) >= 11 is 0. The van der Waals surface area contributed by atoms with E-state index >= 15 is 0 Å². The fourth-order valence-electron chi connectivity index (χ4n) is 2.89. The van der Waals surface area contributed by atoms with Gasteiger partial charge in [-0.1, -0.05) is 40.9 Å². The van der Waals surface area contributed by atoms with Crippen molar-refractivity contribution >= 4 is 21.6 Å². The maximum atomic E-state index is 12.9. The lowest BCUT2D eigenvalue weighted by Crippen LogP contribution is -2.25. The Morgan fingerprint density at radius 1 is 0.967 bits per heavy atom. The smallest absolute Gasteiger partial charge is 0.264 e. The summed E-state index contributed by atoms with van der Waals surface area (Å²) in [5.41, 5.74) is 2.59. The van der Waals surface area contributed by atoms with Crippen LogP contribution in [0.3, 0.4) is 0 Å². The predicted molar refractivity (Wildman–Crippen MR) is 113 cm³/mol. The zero-order chi connectivity index (χ0) is 21.7. The van der Waals surface area contributed by atoms with Crippen LogP contribution in [0.2, 0.25) is 0 Å². The number of benzene rings is 3. The number of hydrogen-bond acceptors (Lipinski definition) is 5. The number of amides is 1. The number of anilines is 1. The summed E-state index contributed by atoms with van der Waals surface area (Å²) in [6, 6.07) is 22.0. The molecule has 3 rings (SSSR count). The van der Waals surface area contributed by atoms with Gasteiger partial charge in [0.05, 0.1) is 23.6 Å². The second-order valence-electron chi connectivity index (χ2n) is 6.28. The number of hydrogen-bond donors (Lipinski definition) is 1. The Balaban J connectivity index is 1.89. The Hall–Kier alpha value is -3.51. The number of hydroxylamine groups is 1. The topological polar surface area (TPSA) is 99.5 Å². The third-order valence-electron chi connectivity index (χ3n) is 4.52. The van der Waals surface area contributed by atoms with E-state index in [9.17, 15) is 18.5 Å². The molecule has 1 amide bonds. The number of carbonyl (C=O) groups excluding carboxylic acids is 1. The van der Waals surface area contributed by atoms with Crippen LogP contribution >= 0.6 is 0 Å². The van der Waals surface area contributed by atoms with Crippen LogP contribution in [-0.2, 0) is 14.9 Å². The standard InChI is InChI=1S/C22H19N3O4S/c1-25(29-2)30(27,28)18-13-11-17(12-14-18)24-22(26)21-10-6-5-9-20(21)19-8-4-3-7-16(19)15-23/h3-14H,1-2H3,(H,24,26). The fraction of sp³-hybridized carbons (Fsp3) is 0.0909. The molecule has 0 aliphatic rings. The first-order chi connectivity index (χ1) is 14.4. The molecule has 0 atom stereocenters. The monoisotopic (exact) mass is 421 g/mol. The summed E-state index contributed by atoms with van der Waals surface area (Å²) in [5, 5.41) is 12.1. The molecule has 3 aromatic rings. The van der Waals surface area contributed by atoms with Crippen molar-refractivity contribution in [2.24, 2.45) is 0 Å². The summed E-state index contributed by atoms with van der Waals surface area (Å²) < 4.78 is 25.3. The van der Waals surface area contributed by atoms with E-state index in [0.717, 1.165) is 4.47 Å². The molecule has 0 heterocycles. The molecule has 0 fully saturated rings. The van der Waals surface area contributed by atoms with Crippen molar-refractivity contribution in [3.63, 3.8) is 0 Å². The zero-order valence-corrected chi connectivity index (χ0v) is 17.2. The minimum absolute atomic E-state index is 0.0354. The van der Waals surface area contributed by atoms with E-state index in [0.29, 0.717) is 27.9 Å². The third-order valence-corrected chi connectivity index (χ3v) is 6.21. The van der Waals surface area contributed by atoms with Gasteiger partial charge in [0.2, 0.25) is 0 Å². The molecule has 152 valence electrons. The van der Waals surface area contributed by atoms with Crippen LogP contribution in [0.25, 0.3) is 11.1 Å². The van der Waals surface area contributed by atoms with Gasteiger partial charge in [-0.05, 0) is 42.0 Å². The van der Waals surface area contributed by atoms with E-state index in [2.05, 4.69) is 11.4 Å². The highest BCUT2D eigenvalue weighted by molar-refractivity contribution is 7.89. The summed E-state index contributed by atoms with van der Waals surface area (Å²) in [5.74, 6) is -0.372. The average molecular weight is 421 g/mol. The molecule has 0 aromatic heterocycles. The SMILES string of the molecule is CON(C)S(=O)(=O)c1ccc(NC(=O)c2ccccc2-c2ccccc2C#N)cc1. The molecule has 0 aliphatic heterocycles. The van der Waals surface area contributed by atoms with E-state index in [1.54, 1.807) is 48.5 Å². The van der Waals surface area contributed by atoms with Crippen LogP contribution in [0.5, 0.6) is 0 Å². The molecule has 0 aliphatic carbocycles. The third kappa shape index (κ3) is 4.23. The largest absolute Gasteiger partial charge is 0.322 e. The Morgan fingerprint density at radius 2 is 1.57 bits per heavy atom. The number of nitrogens with one attached hydrogen (secondary N) is 1. The van der Waals surface area contributed by atoms with Gasteiger partial charge >= 0.3 is 0 Å². The molecule has 0 unspecified atom stereocenters. The number of carbonyl (C=O) groups is 1. The Kier molecular flexibility index (Phi) is 6.28. The van der Waals surface area contributed by atoms with Gasteiger partial charge in [-0.25, -0.2) is 8.42 Å². The lowest BCUT2D eigenvalue weighted by atomic mass is 9.95. The Bertz CT molecular complexity index is 1220. The molecule has 0 spiro atoms. The van der Waals surface area contributed by atoms with E-state index in [-0.39, 0.29) is 10.8 Å². The van der Waals surface area contributed by atoms with Crippen molar-refractivity contribution in [1.82, 2.24) is 4.47 Å². The van der Waals surface area contributed by atoms with Gasteiger partial charge < -0.3 is 5.32 Å². The minimum atomic E-state index is -3.77. The lowest BCUT2D eigenvalue weighted by Gasteiger charge is -2.15. The zero-order valence-electron chi connectivity index (χ0n) is 16.4. The molecule has 30 heavy (non-hydrogen) atoms. The van der Waals surface area contributed by atoms with Gasteiger partial charge in [0.15, 0.2) is 0 Å². The summed E-state index contributed by atoms with van der Waals surface area (Å²) in [7, 11) is -1.22. The second-order valence-corrected chi connectivity index (χ2v) is 8.21. The molecular weight excluding hydrogens is 402 g/mol. The highest BCUT2D eigenvalue weighted by Gasteiger charge is 2.21. The van der Waals surface area contributed by atoms with E-state index in [4.69, 9.17) is 4.84 Å². The van der Waals surface area contributed by atoms with Crippen LogP contribution in [0.15, 0.2) is 77.7 Å². The second kappa shape index (κ2) is 8.88. The number of rotatable bonds is 6. The van der Waals surface area contributed by atoms with Gasteiger partial charge in [0.1, 0.15) is 0 Å². The van der Waals surface area contributed by atoms with Crippen LogP contribution in [0.4, 0.5) is 5.69 Å². The highest BCUT2D eigenvalue weighted by Crippen LogP contribution is 2.27. The molecule has 0 radical (unpaired) electrons. The van der Waals surface area contributed by atoms with Crippen LogP contribution in [-0.4, -0.2) is 33.0 Å². The molecular formula is C22H19N3O4S. The minimum Gasteiger partial charge on any atom is -0.322 e. The van der Waals surface area contributed by atoms with Crippen molar-refractivity contribution in [2.45, 2.75) is 4.90 Å². The van der Waals surface area contributed by atoms with Gasteiger partial charge in [-0.2, -0.15) is 5.26 Å². The maximum Gasteiger partial charge on any atom is 0.264 e. The molecule has 1 N–H and O–H groups in total. The number of sulfonamides is 1. The highest BCUT2D eigenvalue weighted by atomic mass is 32.2. The van der Waals surface area contributed by atoms with Crippen molar-refractivity contribution in [3.05, 3.63) is 83.9 Å². The van der Waals surface area contributed by atoms with Crippen LogP contribution in [0.1, 0.15) is 15.9 Å². The predicted octanol–water partition coefficient (Wildman–Crippen LogP) is 3.66. The first-order valence-electron chi connectivity index (χ1n) is 8.91. The first kappa shape index (κ1) is 21.2. The Morgan fingerprint density at radius 3 is 2.20 bits per heavy atom. The Labute approximate surface area is 175 Å². The summed E-state index contributed by atoms with van der Waals surface area (Å²) in [6.07, 6.45) is 0. The quantitative estimate of drug-likeness (QED) is 0.613. The van der Waals surface area contributed by atoms with E-state index < -0.39 is 10.0 Å². The molecule has 0 saturated heterocycles. The summed E-state index contributed by atoms with van der Waals surface area (Å²) in [6.45, 7) is 0. The first-order valence-corrected chi connectivity index (χ1v) is 10.4. The van der Waals surface area contributed by atoms with E-state index in [1.165, 1.54) is 38.4 Å². The summed E-state index contributed by atoms with van der Waals surface area (Å²) in [4.78, 5) is 17.7. The van der Waals surface area contributed by atoms with Gasteiger partial charge in [0, 0.05) is 23.9 Å². The average Bonchev–Trinajstić information content (AvgIpc) is 2.78. The lowest BCUT2D eigenvalue weighted by molar-refractivity contribution is -0.0258. The number of nitrogens with zero attached hydrogens (tertiary/aromatic N) is 2. The van der Waals surface area contributed by atoms with Crippen molar-refractivity contribution in [2.75, 3.05) is 19.5 Å². The normalized spacial score (nSPS) is 11.1. The fourth-order valence-corrected chi connectivity index (χ4v) is 3.86. The van der Waals surface area contributed by atoms with Crippen molar-refractivity contribution in [3.8, 4) is 17.2 Å². The van der Waals surface area contributed by atoms with Gasteiger partial charge in [0.25, 0.3) is 15.9 Å². The number of nitriles is 1. The van der Waals surface area contributed by atoms with E-state index in [1.807, 2.05) is 0 Å². The van der Waals surface area contributed by atoms with Crippen LogP contribution < -0.4 is 5.32 Å². The van der Waals surface area contributed by atoms with Crippen molar-refractivity contribution in [1.29, 1.82) is 5.26 Å². The maximum absolute atomic E-state index is 12.9. The molecule has 8 heteroatoms. The molecule has 7 nitrogen and oxygen atoms in total. The van der Waals surface area contributed by atoms with Gasteiger partial charge in [-0.15, -0.1) is 0 Å². The molecule has 3 aromatic carbocycles. The van der Waals surface area contributed by atoms with Crippen molar-refractivity contribution < 1.29 is 18.0 Å². The van der Waals surface area contributed by atoms with Crippen LogP contribution in [0, 0.1) is 11.3 Å². The van der Waals surface area contributed by atoms with Gasteiger partial charge in [-0.3, -0.25) is 9.63 Å². The molecule has 0 saturated carbocycles.